The molecule has 1 rings (SSSR count). The Bertz CT molecular complexity index is 524. The minimum atomic E-state index is -3.43. The van der Waals surface area contributed by atoms with Crippen molar-refractivity contribution in [3.05, 3.63) is 24.3 Å². The van der Waals surface area contributed by atoms with Crippen molar-refractivity contribution in [3.63, 3.8) is 0 Å². The molecule has 0 aromatic heterocycles. The lowest BCUT2D eigenvalue weighted by Gasteiger charge is -2.22. The molecule has 0 heterocycles. The first-order valence-electron chi connectivity index (χ1n) is 7.14. The van der Waals surface area contributed by atoms with E-state index in [0.29, 0.717) is 12.5 Å². The van der Waals surface area contributed by atoms with Gasteiger partial charge in [0.15, 0.2) is 0 Å². The first-order valence-corrected chi connectivity index (χ1v) is 8.62. The van der Waals surface area contributed by atoms with Gasteiger partial charge in [0.1, 0.15) is 0 Å². The van der Waals surface area contributed by atoms with E-state index in [9.17, 15) is 8.42 Å². The van der Waals surface area contributed by atoms with Crippen LogP contribution in [0.15, 0.2) is 29.2 Å². The Morgan fingerprint density at radius 2 is 1.67 bits per heavy atom. The van der Waals surface area contributed by atoms with E-state index in [1.807, 2.05) is 0 Å². The van der Waals surface area contributed by atoms with E-state index in [4.69, 9.17) is 4.74 Å². The number of hydrogen-bond acceptors (Lipinski definition) is 4. The smallest absolute Gasteiger partial charge is 0.240 e. The molecule has 1 aromatic carbocycles. The molecule has 0 spiro atoms. The summed E-state index contributed by atoms with van der Waals surface area (Å²) in [5.74, 6) is 0.413. The van der Waals surface area contributed by atoms with Gasteiger partial charge in [-0.15, -0.1) is 0 Å². The number of benzene rings is 1. The number of nitrogens with one attached hydrogen (secondary N) is 2. The normalized spacial score (nSPS) is 13.7. The topological polar surface area (TPSA) is 67.4 Å². The summed E-state index contributed by atoms with van der Waals surface area (Å²) in [6, 6.07) is 6.83. The molecular weight excluding hydrogens is 288 g/mol. The fourth-order valence-electron chi connectivity index (χ4n) is 1.90. The van der Waals surface area contributed by atoms with Crippen LogP contribution in [0.25, 0.3) is 0 Å². The highest BCUT2D eigenvalue weighted by Crippen LogP contribution is 2.17. The lowest BCUT2D eigenvalue weighted by molar-refractivity contribution is 0.171. The molecular formula is C15H26N2O3S. The quantitative estimate of drug-likeness (QED) is 0.773. The molecule has 0 bridgehead atoms. The van der Waals surface area contributed by atoms with E-state index < -0.39 is 10.0 Å². The summed E-state index contributed by atoms with van der Waals surface area (Å²) >= 11 is 0. The molecule has 0 aliphatic rings. The largest absolute Gasteiger partial charge is 0.383 e. The molecule has 0 saturated heterocycles. The van der Waals surface area contributed by atoms with E-state index in [1.165, 1.54) is 0 Å². The zero-order valence-corrected chi connectivity index (χ0v) is 14.2. The molecule has 1 atom stereocenters. The van der Waals surface area contributed by atoms with Gasteiger partial charge in [-0.25, -0.2) is 13.1 Å². The Hall–Kier alpha value is -1.11. The van der Waals surface area contributed by atoms with E-state index >= 15 is 0 Å². The molecule has 2 N–H and O–H groups in total. The molecule has 0 aliphatic heterocycles. The van der Waals surface area contributed by atoms with Crippen molar-refractivity contribution in [2.45, 2.75) is 44.7 Å². The maximum atomic E-state index is 12.0. The van der Waals surface area contributed by atoms with Gasteiger partial charge in [-0.3, -0.25) is 0 Å². The van der Waals surface area contributed by atoms with Gasteiger partial charge in [0.2, 0.25) is 10.0 Å². The minimum absolute atomic E-state index is 0.125. The average molecular weight is 314 g/mol. The monoisotopic (exact) mass is 314 g/mol. The second kappa shape index (κ2) is 7.77. The van der Waals surface area contributed by atoms with Crippen LogP contribution < -0.4 is 10.0 Å². The number of sulfonamides is 1. The second-order valence-electron chi connectivity index (χ2n) is 5.75. The van der Waals surface area contributed by atoms with Crippen molar-refractivity contribution < 1.29 is 13.2 Å². The minimum Gasteiger partial charge on any atom is -0.383 e. The molecule has 21 heavy (non-hydrogen) atoms. The molecule has 0 saturated carbocycles. The number of methoxy groups -OCH3 is 1. The third-order valence-corrected chi connectivity index (χ3v) is 4.73. The molecule has 1 unspecified atom stereocenters. The SMILES string of the molecule is COCC(Nc1ccc(S(=O)(=O)NC(C)C)cc1)C(C)C. The summed E-state index contributed by atoms with van der Waals surface area (Å²) < 4.78 is 31.8. The third kappa shape index (κ3) is 5.65. The summed E-state index contributed by atoms with van der Waals surface area (Å²) in [7, 11) is -1.76. The number of anilines is 1. The van der Waals surface area contributed by atoms with Gasteiger partial charge in [-0.2, -0.15) is 0 Å². The van der Waals surface area contributed by atoms with Crippen LogP contribution in [-0.4, -0.2) is 34.2 Å². The molecule has 120 valence electrons. The van der Waals surface area contributed by atoms with Crippen molar-refractivity contribution in [3.8, 4) is 0 Å². The summed E-state index contributed by atoms with van der Waals surface area (Å²) in [5.41, 5.74) is 0.884. The molecule has 5 nitrogen and oxygen atoms in total. The van der Waals surface area contributed by atoms with Crippen LogP contribution in [0.3, 0.4) is 0 Å². The Morgan fingerprint density at radius 1 is 1.10 bits per heavy atom. The van der Waals surface area contributed by atoms with Crippen molar-refractivity contribution in [2.24, 2.45) is 5.92 Å². The van der Waals surface area contributed by atoms with Crippen molar-refractivity contribution in [2.75, 3.05) is 19.0 Å². The maximum absolute atomic E-state index is 12.0. The number of rotatable bonds is 8. The summed E-state index contributed by atoms with van der Waals surface area (Å²) in [6.45, 7) is 8.42. The molecule has 0 radical (unpaired) electrons. The van der Waals surface area contributed by atoms with Crippen LogP contribution in [0.2, 0.25) is 0 Å². The van der Waals surface area contributed by atoms with Gasteiger partial charge >= 0.3 is 0 Å². The fourth-order valence-corrected chi connectivity index (χ4v) is 3.15. The highest BCUT2D eigenvalue weighted by molar-refractivity contribution is 7.89. The predicted molar refractivity (Wildman–Crippen MR) is 86.0 cm³/mol. The van der Waals surface area contributed by atoms with Crippen molar-refractivity contribution in [1.29, 1.82) is 0 Å². The van der Waals surface area contributed by atoms with Gasteiger partial charge < -0.3 is 10.1 Å². The zero-order chi connectivity index (χ0) is 16.0. The maximum Gasteiger partial charge on any atom is 0.240 e. The van der Waals surface area contributed by atoms with Crippen LogP contribution in [-0.2, 0) is 14.8 Å². The first kappa shape index (κ1) is 17.9. The summed E-state index contributed by atoms with van der Waals surface area (Å²) in [4.78, 5) is 0.273. The molecule has 0 amide bonds. The highest BCUT2D eigenvalue weighted by atomic mass is 32.2. The number of hydrogen-bond donors (Lipinski definition) is 2. The highest BCUT2D eigenvalue weighted by Gasteiger charge is 2.16. The Balaban J connectivity index is 2.83. The van der Waals surface area contributed by atoms with Crippen LogP contribution in [0.1, 0.15) is 27.7 Å². The predicted octanol–water partition coefficient (Wildman–Crippen LogP) is 2.46. The molecule has 0 aliphatic carbocycles. The van der Waals surface area contributed by atoms with Gasteiger partial charge in [0, 0.05) is 18.8 Å². The van der Waals surface area contributed by atoms with Crippen LogP contribution in [0, 0.1) is 5.92 Å². The van der Waals surface area contributed by atoms with E-state index in [1.54, 1.807) is 45.2 Å². The van der Waals surface area contributed by atoms with E-state index in [2.05, 4.69) is 23.9 Å². The van der Waals surface area contributed by atoms with Gasteiger partial charge in [0.25, 0.3) is 0 Å². The summed E-state index contributed by atoms with van der Waals surface area (Å²) in [5, 5.41) is 3.36. The van der Waals surface area contributed by atoms with Crippen LogP contribution in [0.4, 0.5) is 5.69 Å². The molecule has 0 fully saturated rings. The third-order valence-electron chi connectivity index (χ3n) is 3.06. The Morgan fingerprint density at radius 3 is 2.10 bits per heavy atom. The lowest BCUT2D eigenvalue weighted by atomic mass is 10.1. The van der Waals surface area contributed by atoms with E-state index in [-0.39, 0.29) is 17.0 Å². The van der Waals surface area contributed by atoms with Crippen molar-refractivity contribution in [1.82, 2.24) is 4.72 Å². The summed E-state index contributed by atoms with van der Waals surface area (Å²) in [6.07, 6.45) is 0. The molecule has 6 heteroatoms. The van der Waals surface area contributed by atoms with Crippen LogP contribution >= 0.6 is 0 Å². The van der Waals surface area contributed by atoms with Gasteiger partial charge in [-0.05, 0) is 44.0 Å². The second-order valence-corrected chi connectivity index (χ2v) is 7.46. The standard InChI is InChI=1S/C15H26N2O3S/c1-11(2)15(10-20-5)16-13-6-8-14(9-7-13)21(18,19)17-12(3)4/h6-9,11-12,15-17H,10H2,1-5H3. The average Bonchev–Trinajstić information content (AvgIpc) is 2.37. The number of ether oxygens (including phenoxy) is 1. The first-order chi connectivity index (χ1) is 9.76. The van der Waals surface area contributed by atoms with Gasteiger partial charge in [-0.1, -0.05) is 13.8 Å². The van der Waals surface area contributed by atoms with Crippen molar-refractivity contribution >= 4 is 15.7 Å². The van der Waals surface area contributed by atoms with Crippen LogP contribution in [0.5, 0.6) is 0 Å². The lowest BCUT2D eigenvalue weighted by Crippen LogP contribution is -2.31. The Kier molecular flexibility index (Phi) is 6.64. The zero-order valence-electron chi connectivity index (χ0n) is 13.4. The Labute approximate surface area is 128 Å². The molecule has 1 aromatic rings. The van der Waals surface area contributed by atoms with Gasteiger partial charge in [0.05, 0.1) is 17.5 Å². The van der Waals surface area contributed by atoms with E-state index in [0.717, 1.165) is 5.69 Å². The fraction of sp³-hybridized carbons (Fsp3) is 0.600.